The van der Waals surface area contributed by atoms with Gasteiger partial charge in [0.05, 0.1) is 12.3 Å². The highest BCUT2D eigenvalue weighted by Gasteiger charge is 2.29. The van der Waals surface area contributed by atoms with Gasteiger partial charge in [-0.1, -0.05) is 5.16 Å². The van der Waals surface area contributed by atoms with Gasteiger partial charge >= 0.3 is 0 Å². The van der Waals surface area contributed by atoms with Gasteiger partial charge in [0.1, 0.15) is 6.17 Å². The molecule has 0 aromatic carbocycles. The summed E-state index contributed by atoms with van der Waals surface area (Å²) in [5.41, 5.74) is 0.130. The lowest BCUT2D eigenvalue weighted by molar-refractivity contribution is 0.0910. The minimum atomic E-state index is -0.972. The molecule has 2 heterocycles. The Labute approximate surface area is 108 Å². The third-order valence-corrected chi connectivity index (χ3v) is 3.25. The molecule has 19 heavy (non-hydrogen) atoms. The second-order valence-electron chi connectivity index (χ2n) is 4.58. The van der Waals surface area contributed by atoms with E-state index in [1.165, 1.54) is 12.3 Å². The fraction of sp³-hybridized carbons (Fsp3) is 0.385. The summed E-state index contributed by atoms with van der Waals surface area (Å²) in [5, 5.41) is 6.31. The molecule has 2 unspecified atom stereocenters. The smallest absolute Gasteiger partial charge is 0.273 e. The zero-order valence-electron chi connectivity index (χ0n) is 10.1. The predicted molar refractivity (Wildman–Crippen MR) is 64.2 cm³/mol. The second-order valence-corrected chi connectivity index (χ2v) is 4.58. The fourth-order valence-electron chi connectivity index (χ4n) is 2.24. The van der Waals surface area contributed by atoms with Crippen molar-refractivity contribution in [2.75, 3.05) is 0 Å². The van der Waals surface area contributed by atoms with E-state index in [2.05, 4.69) is 10.5 Å². The van der Waals surface area contributed by atoms with Crippen LogP contribution in [0.3, 0.4) is 0 Å². The average Bonchev–Trinajstić information content (AvgIpc) is 3.09. The highest BCUT2D eigenvalue weighted by atomic mass is 19.1. The quantitative estimate of drug-likeness (QED) is 0.925. The van der Waals surface area contributed by atoms with E-state index in [0.29, 0.717) is 24.4 Å². The molecule has 2 atom stereocenters. The number of amides is 1. The van der Waals surface area contributed by atoms with Gasteiger partial charge in [0.15, 0.2) is 11.5 Å². The SMILES string of the molecule is O=C(NC1CCCC1F)c1cc(-c2ccco2)on1. The number of hydrogen-bond acceptors (Lipinski definition) is 4. The lowest BCUT2D eigenvalue weighted by Gasteiger charge is -2.13. The summed E-state index contributed by atoms with van der Waals surface area (Å²) in [7, 11) is 0. The van der Waals surface area contributed by atoms with Crippen molar-refractivity contribution in [1.29, 1.82) is 0 Å². The van der Waals surface area contributed by atoms with Crippen LogP contribution in [0.5, 0.6) is 0 Å². The van der Waals surface area contributed by atoms with E-state index in [4.69, 9.17) is 8.94 Å². The van der Waals surface area contributed by atoms with Crippen molar-refractivity contribution in [3.05, 3.63) is 30.2 Å². The maximum Gasteiger partial charge on any atom is 0.273 e. The van der Waals surface area contributed by atoms with Crippen molar-refractivity contribution < 1.29 is 18.1 Å². The van der Waals surface area contributed by atoms with Crippen molar-refractivity contribution in [3.63, 3.8) is 0 Å². The largest absolute Gasteiger partial charge is 0.461 e. The molecule has 3 rings (SSSR count). The molecule has 0 spiro atoms. The average molecular weight is 264 g/mol. The van der Waals surface area contributed by atoms with Gasteiger partial charge < -0.3 is 14.3 Å². The Morgan fingerprint density at radius 2 is 2.32 bits per heavy atom. The molecule has 0 saturated heterocycles. The standard InChI is InChI=1S/C13H13FN2O3/c14-8-3-1-4-9(8)15-13(17)10-7-12(19-16-10)11-5-2-6-18-11/h2,5-9H,1,3-4H2,(H,15,17). The highest BCUT2D eigenvalue weighted by molar-refractivity contribution is 5.93. The van der Waals surface area contributed by atoms with Crippen LogP contribution in [0.15, 0.2) is 33.4 Å². The lowest BCUT2D eigenvalue weighted by atomic mass is 10.2. The first-order chi connectivity index (χ1) is 9.24. The first-order valence-corrected chi connectivity index (χ1v) is 6.19. The Bertz CT molecular complexity index is 564. The number of nitrogens with zero attached hydrogens (tertiary/aromatic N) is 1. The third kappa shape index (κ3) is 2.38. The van der Waals surface area contributed by atoms with E-state index in [-0.39, 0.29) is 5.69 Å². The molecule has 2 aromatic heterocycles. The monoisotopic (exact) mass is 264 g/mol. The van der Waals surface area contributed by atoms with Gasteiger partial charge in [-0.3, -0.25) is 4.79 Å². The molecule has 1 aliphatic rings. The summed E-state index contributed by atoms with van der Waals surface area (Å²) in [6.45, 7) is 0. The van der Waals surface area contributed by atoms with E-state index >= 15 is 0 Å². The van der Waals surface area contributed by atoms with Gasteiger partial charge in [-0.05, 0) is 31.4 Å². The molecule has 1 N–H and O–H groups in total. The molecule has 0 aliphatic heterocycles. The highest BCUT2D eigenvalue weighted by Crippen LogP contribution is 2.23. The van der Waals surface area contributed by atoms with Crippen molar-refractivity contribution in [1.82, 2.24) is 10.5 Å². The van der Waals surface area contributed by atoms with Crippen molar-refractivity contribution in [2.45, 2.75) is 31.5 Å². The first kappa shape index (κ1) is 12.0. The number of halogens is 1. The van der Waals surface area contributed by atoms with Crippen LogP contribution in [0.4, 0.5) is 4.39 Å². The Balaban J connectivity index is 1.70. The molecule has 1 amide bonds. The number of alkyl halides is 1. The van der Waals surface area contributed by atoms with Crippen LogP contribution in [0.25, 0.3) is 11.5 Å². The Kier molecular flexibility index (Phi) is 3.06. The molecule has 2 aromatic rings. The Hall–Kier alpha value is -2.11. The van der Waals surface area contributed by atoms with E-state index in [9.17, 15) is 9.18 Å². The van der Waals surface area contributed by atoms with Crippen LogP contribution >= 0.6 is 0 Å². The number of carbonyl (C=O) groups is 1. The van der Waals surface area contributed by atoms with Gasteiger partial charge in [-0.2, -0.15) is 0 Å². The molecular formula is C13H13FN2O3. The summed E-state index contributed by atoms with van der Waals surface area (Å²) in [5.74, 6) is 0.449. The fourth-order valence-corrected chi connectivity index (χ4v) is 2.24. The van der Waals surface area contributed by atoms with Crippen LogP contribution in [0.2, 0.25) is 0 Å². The van der Waals surface area contributed by atoms with Gasteiger partial charge in [0, 0.05) is 6.07 Å². The Morgan fingerprint density at radius 3 is 3.00 bits per heavy atom. The number of rotatable bonds is 3. The van der Waals surface area contributed by atoms with Crippen LogP contribution < -0.4 is 5.32 Å². The van der Waals surface area contributed by atoms with Gasteiger partial charge in [-0.15, -0.1) is 0 Å². The van der Waals surface area contributed by atoms with Crippen LogP contribution in [0, 0.1) is 0 Å². The summed E-state index contributed by atoms with van der Waals surface area (Å²) in [6, 6.07) is 4.48. The molecule has 5 nitrogen and oxygen atoms in total. The van der Waals surface area contributed by atoms with Gasteiger partial charge in [-0.25, -0.2) is 4.39 Å². The number of nitrogens with one attached hydrogen (secondary N) is 1. The zero-order chi connectivity index (χ0) is 13.2. The Morgan fingerprint density at radius 1 is 1.42 bits per heavy atom. The molecule has 0 bridgehead atoms. The maximum absolute atomic E-state index is 13.4. The van der Waals surface area contributed by atoms with Crippen molar-refractivity contribution in [3.8, 4) is 11.5 Å². The summed E-state index contributed by atoms with van der Waals surface area (Å²) in [6.07, 6.45) is 2.49. The van der Waals surface area contributed by atoms with E-state index < -0.39 is 18.1 Å². The lowest BCUT2D eigenvalue weighted by Crippen LogP contribution is -2.38. The normalized spacial score (nSPS) is 22.6. The first-order valence-electron chi connectivity index (χ1n) is 6.19. The minimum absolute atomic E-state index is 0.130. The molecular weight excluding hydrogens is 251 g/mol. The maximum atomic E-state index is 13.4. The second kappa shape index (κ2) is 4.87. The molecule has 0 radical (unpaired) electrons. The number of furan rings is 1. The summed E-state index contributed by atoms with van der Waals surface area (Å²) < 4.78 is 23.6. The molecule has 1 aliphatic carbocycles. The van der Waals surface area contributed by atoms with E-state index in [1.54, 1.807) is 12.1 Å². The summed E-state index contributed by atoms with van der Waals surface area (Å²) >= 11 is 0. The van der Waals surface area contributed by atoms with Crippen LogP contribution in [-0.4, -0.2) is 23.3 Å². The number of aromatic nitrogens is 1. The minimum Gasteiger partial charge on any atom is -0.461 e. The molecule has 1 saturated carbocycles. The summed E-state index contributed by atoms with van der Waals surface area (Å²) in [4.78, 5) is 11.9. The van der Waals surface area contributed by atoms with Crippen molar-refractivity contribution in [2.24, 2.45) is 0 Å². The molecule has 1 fully saturated rings. The number of hydrogen-bond donors (Lipinski definition) is 1. The third-order valence-electron chi connectivity index (χ3n) is 3.25. The van der Waals surface area contributed by atoms with Crippen LogP contribution in [-0.2, 0) is 0 Å². The topological polar surface area (TPSA) is 68.3 Å². The zero-order valence-corrected chi connectivity index (χ0v) is 10.1. The van der Waals surface area contributed by atoms with Crippen LogP contribution in [0.1, 0.15) is 29.8 Å². The van der Waals surface area contributed by atoms with Gasteiger partial charge in [0.25, 0.3) is 5.91 Å². The van der Waals surface area contributed by atoms with E-state index in [0.717, 1.165) is 6.42 Å². The van der Waals surface area contributed by atoms with E-state index in [1.807, 2.05) is 0 Å². The van der Waals surface area contributed by atoms with Crippen molar-refractivity contribution >= 4 is 5.91 Å². The van der Waals surface area contributed by atoms with Gasteiger partial charge in [0.2, 0.25) is 5.76 Å². The molecule has 100 valence electrons. The molecule has 6 heteroatoms. The predicted octanol–water partition coefficient (Wildman–Crippen LogP) is 2.56. The number of carbonyl (C=O) groups excluding carboxylic acids is 1.